The Balaban J connectivity index is 1.68. The first kappa shape index (κ1) is 18.3. The number of hydrogen-bond donors (Lipinski definition) is 5. The predicted molar refractivity (Wildman–Crippen MR) is 97.8 cm³/mol. The zero-order valence-electron chi connectivity index (χ0n) is 14.0. The lowest BCUT2D eigenvalue weighted by Crippen LogP contribution is -2.31. The van der Waals surface area contributed by atoms with Gasteiger partial charge in [-0.25, -0.2) is 14.6 Å². The quantitative estimate of drug-likeness (QED) is 0.461. The second kappa shape index (κ2) is 7.38. The lowest BCUT2D eigenvalue weighted by molar-refractivity contribution is 0.209. The number of carbonyl (C=O) groups is 2. The van der Waals surface area contributed by atoms with Crippen LogP contribution in [0.2, 0.25) is 5.02 Å². The number of anilines is 1. The Hall–Kier alpha value is -3.53. The zero-order chi connectivity index (χ0) is 19.6. The van der Waals surface area contributed by atoms with Gasteiger partial charge in [-0.05, 0) is 24.6 Å². The third-order valence-corrected chi connectivity index (χ3v) is 3.99. The van der Waals surface area contributed by atoms with Gasteiger partial charge in [0.2, 0.25) is 0 Å². The zero-order valence-corrected chi connectivity index (χ0v) is 14.7. The van der Waals surface area contributed by atoms with Gasteiger partial charge < -0.3 is 20.9 Å². The molecule has 0 saturated heterocycles. The van der Waals surface area contributed by atoms with Crippen molar-refractivity contribution in [2.45, 2.75) is 13.0 Å². The second-order valence-corrected chi connectivity index (χ2v) is 6.00. The molecule has 0 aliphatic heterocycles. The number of nitrogens with one attached hydrogen (secondary N) is 3. The van der Waals surface area contributed by atoms with Crippen LogP contribution >= 0.6 is 11.6 Å². The second-order valence-electron chi connectivity index (χ2n) is 5.60. The van der Waals surface area contributed by atoms with Gasteiger partial charge in [-0.15, -0.1) is 5.10 Å². The van der Waals surface area contributed by atoms with E-state index in [0.29, 0.717) is 16.5 Å². The summed E-state index contributed by atoms with van der Waals surface area (Å²) in [5.74, 6) is 0.182. The van der Waals surface area contributed by atoms with E-state index >= 15 is 0 Å². The van der Waals surface area contributed by atoms with E-state index in [1.54, 1.807) is 19.1 Å². The van der Waals surface area contributed by atoms with Crippen LogP contribution in [-0.2, 0) is 0 Å². The Morgan fingerprint density at radius 1 is 1.37 bits per heavy atom. The number of aromatic nitrogens is 3. The van der Waals surface area contributed by atoms with Gasteiger partial charge >= 0.3 is 12.1 Å². The maximum atomic E-state index is 12.2. The molecule has 0 unspecified atom stereocenters. The summed E-state index contributed by atoms with van der Waals surface area (Å²) in [7, 11) is 0. The lowest BCUT2D eigenvalue weighted by Gasteiger charge is -2.15. The number of rotatable bonds is 4. The highest BCUT2D eigenvalue weighted by Crippen LogP contribution is 2.27. The average molecular weight is 391 g/mol. The molecule has 0 aliphatic rings. The molecule has 0 radical (unpaired) electrons. The molecule has 2 aromatic heterocycles. The van der Waals surface area contributed by atoms with E-state index in [9.17, 15) is 14.7 Å². The van der Waals surface area contributed by atoms with Crippen molar-refractivity contribution in [3.05, 3.63) is 41.0 Å². The number of hydrogen-bond acceptors (Lipinski definition) is 6. The number of primary amides is 1. The van der Waals surface area contributed by atoms with E-state index in [4.69, 9.17) is 22.1 Å². The maximum Gasteiger partial charge on any atom is 0.411 e. The molecular formula is C16H15ClN6O4. The summed E-state index contributed by atoms with van der Waals surface area (Å²) in [6.45, 7) is 1.75. The van der Waals surface area contributed by atoms with Crippen molar-refractivity contribution in [1.82, 2.24) is 20.5 Å². The van der Waals surface area contributed by atoms with Gasteiger partial charge in [0, 0.05) is 12.3 Å². The van der Waals surface area contributed by atoms with Gasteiger partial charge in [0.1, 0.15) is 11.6 Å². The van der Waals surface area contributed by atoms with Crippen LogP contribution in [-0.4, -0.2) is 32.4 Å². The van der Waals surface area contributed by atoms with Gasteiger partial charge in [-0.3, -0.25) is 10.4 Å². The van der Waals surface area contributed by atoms with Gasteiger partial charge in [0.05, 0.1) is 22.0 Å². The van der Waals surface area contributed by atoms with Crippen molar-refractivity contribution < 1.29 is 19.4 Å². The largest absolute Gasteiger partial charge is 0.506 e. The molecule has 1 aromatic carbocycles. The smallest absolute Gasteiger partial charge is 0.411 e. The SMILES string of the molecule is C[C@@H](NC(=O)Nc1cc2[nH]nc(OC(N)=O)c2cn1)c1ccc(Cl)c(O)c1. The minimum Gasteiger partial charge on any atom is -0.506 e. The summed E-state index contributed by atoms with van der Waals surface area (Å²) in [6, 6.07) is 5.34. The van der Waals surface area contributed by atoms with E-state index in [0.717, 1.165) is 0 Å². The minimum absolute atomic E-state index is 0.00262. The molecule has 2 heterocycles. The van der Waals surface area contributed by atoms with E-state index in [-0.39, 0.29) is 28.5 Å². The van der Waals surface area contributed by atoms with Gasteiger partial charge in [0.15, 0.2) is 0 Å². The Kier molecular flexibility index (Phi) is 4.99. The Labute approximate surface area is 157 Å². The molecule has 0 spiro atoms. The molecule has 0 bridgehead atoms. The van der Waals surface area contributed by atoms with E-state index in [1.807, 2.05) is 0 Å². The number of carbonyl (C=O) groups excluding carboxylic acids is 2. The number of nitrogens with zero attached hydrogens (tertiary/aromatic N) is 2. The van der Waals surface area contributed by atoms with Crippen LogP contribution in [0.4, 0.5) is 15.4 Å². The standard InChI is InChI=1S/C16H15ClN6O4/c1-7(8-2-3-10(17)12(24)4-8)20-16(26)21-13-5-11-9(6-19-13)14(23-22-11)27-15(18)25/h2-7,24H,1H3,(H2,18,25)(H,22,23)(H2,19,20,21,26)/t7-/m1/s1. The average Bonchev–Trinajstić information content (AvgIpc) is 2.98. The first-order valence-electron chi connectivity index (χ1n) is 7.71. The number of fused-ring (bicyclic) bond motifs is 1. The van der Waals surface area contributed by atoms with Crippen molar-refractivity contribution in [3.63, 3.8) is 0 Å². The van der Waals surface area contributed by atoms with Crippen molar-refractivity contribution in [3.8, 4) is 11.6 Å². The highest BCUT2D eigenvalue weighted by molar-refractivity contribution is 6.32. The Bertz CT molecular complexity index is 1020. The van der Waals surface area contributed by atoms with Crippen LogP contribution in [0.3, 0.4) is 0 Å². The number of aromatic amines is 1. The lowest BCUT2D eigenvalue weighted by atomic mass is 10.1. The molecule has 140 valence electrons. The highest BCUT2D eigenvalue weighted by atomic mass is 35.5. The van der Waals surface area contributed by atoms with Gasteiger partial charge in [-0.2, -0.15) is 0 Å². The highest BCUT2D eigenvalue weighted by Gasteiger charge is 2.14. The molecule has 0 aliphatic carbocycles. The first-order valence-corrected chi connectivity index (χ1v) is 8.08. The molecule has 3 aromatic rings. The maximum absolute atomic E-state index is 12.2. The van der Waals surface area contributed by atoms with Crippen LogP contribution in [0.1, 0.15) is 18.5 Å². The molecule has 11 heteroatoms. The van der Waals surface area contributed by atoms with Gasteiger partial charge in [0.25, 0.3) is 5.88 Å². The molecule has 0 saturated carbocycles. The molecule has 1 atom stereocenters. The molecule has 10 nitrogen and oxygen atoms in total. The number of amides is 3. The summed E-state index contributed by atoms with van der Waals surface area (Å²) >= 11 is 5.78. The van der Waals surface area contributed by atoms with Crippen molar-refractivity contribution in [2.24, 2.45) is 5.73 Å². The number of benzene rings is 1. The number of phenols is 1. The topological polar surface area (TPSA) is 155 Å². The fraction of sp³-hybridized carbons (Fsp3) is 0.125. The van der Waals surface area contributed by atoms with Crippen LogP contribution in [0.5, 0.6) is 11.6 Å². The van der Waals surface area contributed by atoms with Crippen molar-refractivity contribution in [1.29, 1.82) is 0 Å². The van der Waals surface area contributed by atoms with Gasteiger partial charge in [-0.1, -0.05) is 17.7 Å². The summed E-state index contributed by atoms with van der Waals surface area (Å²) in [5.41, 5.74) is 6.13. The molecule has 0 fully saturated rings. The predicted octanol–water partition coefficient (Wildman–Crippen LogP) is 2.66. The summed E-state index contributed by atoms with van der Waals surface area (Å²) in [6.07, 6.45) is 0.389. The van der Waals surface area contributed by atoms with Crippen LogP contribution < -0.4 is 21.1 Å². The van der Waals surface area contributed by atoms with E-state index in [1.165, 1.54) is 18.3 Å². The number of halogens is 1. The molecule has 6 N–H and O–H groups in total. The summed E-state index contributed by atoms with van der Waals surface area (Å²) < 4.78 is 4.74. The molecule has 27 heavy (non-hydrogen) atoms. The molecule has 3 rings (SSSR count). The number of phenolic OH excluding ortho intramolecular Hbond substituents is 1. The minimum atomic E-state index is -0.993. The van der Waals surface area contributed by atoms with Crippen molar-refractivity contribution >= 4 is 40.4 Å². The number of nitrogens with two attached hydrogens (primary N) is 1. The summed E-state index contributed by atoms with van der Waals surface area (Å²) in [4.78, 5) is 27.1. The first-order chi connectivity index (χ1) is 12.8. The number of H-pyrrole nitrogens is 1. The Morgan fingerprint density at radius 2 is 2.15 bits per heavy atom. The molecular weight excluding hydrogens is 376 g/mol. The fourth-order valence-electron chi connectivity index (χ4n) is 2.36. The van der Waals surface area contributed by atoms with E-state index < -0.39 is 12.1 Å². The summed E-state index contributed by atoms with van der Waals surface area (Å²) in [5, 5.41) is 22.1. The number of pyridine rings is 1. The number of urea groups is 1. The third-order valence-electron chi connectivity index (χ3n) is 3.67. The number of ether oxygens (including phenoxy) is 1. The fourth-order valence-corrected chi connectivity index (χ4v) is 2.48. The number of aromatic hydroxyl groups is 1. The van der Waals surface area contributed by atoms with Crippen LogP contribution in [0.25, 0.3) is 10.9 Å². The van der Waals surface area contributed by atoms with Crippen LogP contribution in [0, 0.1) is 0 Å². The molecule has 3 amide bonds. The monoisotopic (exact) mass is 390 g/mol. The van der Waals surface area contributed by atoms with Crippen LogP contribution in [0.15, 0.2) is 30.5 Å². The normalized spacial score (nSPS) is 11.8. The third kappa shape index (κ3) is 4.18. The van der Waals surface area contributed by atoms with Crippen molar-refractivity contribution in [2.75, 3.05) is 5.32 Å². The van der Waals surface area contributed by atoms with E-state index in [2.05, 4.69) is 25.8 Å². The Morgan fingerprint density at radius 3 is 2.85 bits per heavy atom.